The number of ether oxygens (including phenoxy) is 1. The van der Waals surface area contributed by atoms with Crippen molar-refractivity contribution in [2.75, 3.05) is 7.11 Å². The second-order valence-electron chi connectivity index (χ2n) is 4.41. The average Bonchev–Trinajstić information content (AvgIpc) is 2.18. The monoisotopic (exact) mass is 208 g/mol. The van der Waals surface area contributed by atoms with E-state index < -0.39 is 5.60 Å². The Morgan fingerprint density at radius 2 is 1.80 bits per heavy atom. The van der Waals surface area contributed by atoms with Crippen molar-refractivity contribution in [1.82, 2.24) is 0 Å². The molecule has 1 aliphatic carbocycles. The summed E-state index contributed by atoms with van der Waals surface area (Å²) in [6, 6.07) is 0. The smallest absolute Gasteiger partial charge is 0.175 e. The molecule has 0 bridgehead atoms. The fourth-order valence-electron chi connectivity index (χ4n) is 2.23. The molecular weight excluding hydrogens is 188 g/mol. The molecule has 0 heterocycles. The van der Waals surface area contributed by atoms with Crippen LogP contribution in [0.25, 0.3) is 0 Å². The Bertz CT molecular complexity index is 303. The Morgan fingerprint density at radius 1 is 1.33 bits per heavy atom. The fraction of sp³-hybridized carbons (Fsp3) is 0.615. The van der Waals surface area contributed by atoms with E-state index in [4.69, 9.17) is 4.74 Å². The molecule has 0 saturated heterocycles. The molecule has 0 unspecified atom stereocenters. The van der Waals surface area contributed by atoms with Gasteiger partial charge in [0.25, 0.3) is 0 Å². The highest BCUT2D eigenvalue weighted by Crippen LogP contribution is 2.36. The Balaban J connectivity index is 3.22. The summed E-state index contributed by atoms with van der Waals surface area (Å²) in [6.45, 7) is 7.77. The van der Waals surface area contributed by atoms with Crippen LogP contribution in [0.3, 0.4) is 0 Å². The van der Waals surface area contributed by atoms with Gasteiger partial charge < -0.3 is 4.74 Å². The highest BCUT2D eigenvalue weighted by Gasteiger charge is 2.43. The number of allylic oxidation sites excluding steroid dienone is 2. The van der Waals surface area contributed by atoms with Gasteiger partial charge >= 0.3 is 0 Å². The normalized spacial score (nSPS) is 19.9. The van der Waals surface area contributed by atoms with Gasteiger partial charge in [-0.05, 0) is 31.4 Å². The molecule has 15 heavy (non-hydrogen) atoms. The minimum absolute atomic E-state index is 0.0187. The van der Waals surface area contributed by atoms with Crippen molar-refractivity contribution in [3.8, 4) is 0 Å². The molecule has 0 aromatic carbocycles. The van der Waals surface area contributed by atoms with Gasteiger partial charge in [-0.25, -0.2) is 0 Å². The van der Waals surface area contributed by atoms with Gasteiger partial charge in [0, 0.05) is 13.0 Å². The Hall–Kier alpha value is -0.890. The maximum absolute atomic E-state index is 12.3. The number of Topliss-reactive ketones (excluding diaryl/α,β-unsaturated/α-hetero) is 1. The van der Waals surface area contributed by atoms with Crippen molar-refractivity contribution < 1.29 is 9.53 Å². The van der Waals surface area contributed by atoms with Crippen LogP contribution in [-0.2, 0) is 9.53 Å². The number of carbonyl (C=O) groups excluding carboxylic acids is 1. The van der Waals surface area contributed by atoms with E-state index >= 15 is 0 Å². The largest absolute Gasteiger partial charge is 0.362 e. The molecule has 0 atom stereocenters. The molecule has 0 aliphatic heterocycles. The average molecular weight is 208 g/mol. The molecule has 1 rings (SSSR count). The van der Waals surface area contributed by atoms with Gasteiger partial charge in [0.15, 0.2) is 11.4 Å². The van der Waals surface area contributed by atoms with Gasteiger partial charge in [-0.3, -0.25) is 4.79 Å². The highest BCUT2D eigenvalue weighted by molar-refractivity contribution is 5.95. The summed E-state index contributed by atoms with van der Waals surface area (Å²) in [5.41, 5.74) is 1.24. The molecule has 0 N–H and O–H groups in total. The van der Waals surface area contributed by atoms with E-state index in [1.54, 1.807) is 7.11 Å². The molecule has 0 fully saturated rings. The van der Waals surface area contributed by atoms with Crippen molar-refractivity contribution in [3.05, 3.63) is 23.3 Å². The molecular formula is C13H20O2. The van der Waals surface area contributed by atoms with Crippen LogP contribution >= 0.6 is 0 Å². The first-order valence-electron chi connectivity index (χ1n) is 5.40. The first-order valence-corrected chi connectivity index (χ1v) is 5.40. The van der Waals surface area contributed by atoms with E-state index in [-0.39, 0.29) is 11.7 Å². The van der Waals surface area contributed by atoms with Gasteiger partial charge in [-0.15, -0.1) is 0 Å². The highest BCUT2D eigenvalue weighted by atomic mass is 16.5. The molecule has 0 spiro atoms. The summed E-state index contributed by atoms with van der Waals surface area (Å²) in [6.07, 6.45) is 5.03. The zero-order valence-corrected chi connectivity index (χ0v) is 10.3. The van der Waals surface area contributed by atoms with E-state index in [0.717, 1.165) is 17.6 Å². The third kappa shape index (κ3) is 1.78. The number of methoxy groups -OCH3 is 1. The van der Waals surface area contributed by atoms with Gasteiger partial charge in [-0.2, -0.15) is 0 Å². The van der Waals surface area contributed by atoms with Crippen LogP contribution in [0.5, 0.6) is 0 Å². The summed E-state index contributed by atoms with van der Waals surface area (Å²) < 4.78 is 5.54. The Morgan fingerprint density at radius 3 is 2.13 bits per heavy atom. The second-order valence-corrected chi connectivity index (χ2v) is 4.41. The standard InChI is InChI=1S/C13H20O2/c1-9(2)12(14)13(15-5)10(3)7-6-8-11(13)4/h7-9H,6H2,1-5H3. The van der Waals surface area contributed by atoms with Crippen LogP contribution in [0.15, 0.2) is 23.3 Å². The number of hydrogen-bond acceptors (Lipinski definition) is 2. The third-order valence-electron chi connectivity index (χ3n) is 3.14. The first-order chi connectivity index (χ1) is 6.96. The minimum Gasteiger partial charge on any atom is -0.362 e. The van der Waals surface area contributed by atoms with Crippen LogP contribution in [0.1, 0.15) is 34.1 Å². The zero-order chi connectivity index (χ0) is 11.6. The predicted molar refractivity (Wildman–Crippen MR) is 61.7 cm³/mol. The summed E-state index contributed by atoms with van der Waals surface area (Å²) in [5.74, 6) is 0.127. The van der Waals surface area contributed by atoms with Crippen molar-refractivity contribution in [3.63, 3.8) is 0 Å². The van der Waals surface area contributed by atoms with Crippen LogP contribution in [0.4, 0.5) is 0 Å². The number of hydrogen-bond donors (Lipinski definition) is 0. The molecule has 2 nitrogen and oxygen atoms in total. The molecule has 0 radical (unpaired) electrons. The van der Waals surface area contributed by atoms with Gasteiger partial charge in [0.2, 0.25) is 0 Å². The molecule has 1 aliphatic rings. The maximum atomic E-state index is 12.3. The minimum atomic E-state index is -0.799. The lowest BCUT2D eigenvalue weighted by Gasteiger charge is -2.36. The summed E-state index contributed by atoms with van der Waals surface area (Å²) in [5, 5.41) is 0. The Labute approximate surface area is 92.0 Å². The van der Waals surface area contributed by atoms with E-state index in [1.165, 1.54) is 0 Å². The lowest BCUT2D eigenvalue weighted by Crippen LogP contribution is -2.46. The van der Waals surface area contributed by atoms with E-state index in [9.17, 15) is 4.79 Å². The molecule has 0 aromatic rings. The topological polar surface area (TPSA) is 26.3 Å². The molecule has 84 valence electrons. The van der Waals surface area contributed by atoms with Crippen LogP contribution < -0.4 is 0 Å². The quantitative estimate of drug-likeness (QED) is 0.667. The van der Waals surface area contributed by atoms with Crippen molar-refractivity contribution in [2.24, 2.45) is 5.92 Å². The fourth-order valence-corrected chi connectivity index (χ4v) is 2.23. The molecule has 0 aromatic heterocycles. The van der Waals surface area contributed by atoms with Gasteiger partial charge in [-0.1, -0.05) is 26.0 Å². The van der Waals surface area contributed by atoms with Crippen LogP contribution in [0.2, 0.25) is 0 Å². The first kappa shape index (κ1) is 12.2. The van der Waals surface area contributed by atoms with E-state index in [2.05, 4.69) is 12.2 Å². The van der Waals surface area contributed by atoms with E-state index in [1.807, 2.05) is 27.7 Å². The van der Waals surface area contributed by atoms with Gasteiger partial charge in [0.1, 0.15) is 0 Å². The summed E-state index contributed by atoms with van der Waals surface area (Å²) in [4.78, 5) is 12.3. The lowest BCUT2D eigenvalue weighted by molar-refractivity contribution is -0.136. The second kappa shape index (κ2) is 4.31. The van der Waals surface area contributed by atoms with Crippen molar-refractivity contribution in [1.29, 1.82) is 0 Å². The maximum Gasteiger partial charge on any atom is 0.175 e. The number of ketones is 1. The lowest BCUT2D eigenvalue weighted by atomic mass is 9.76. The van der Waals surface area contributed by atoms with E-state index in [0.29, 0.717) is 0 Å². The summed E-state index contributed by atoms with van der Waals surface area (Å²) in [7, 11) is 1.61. The zero-order valence-electron chi connectivity index (χ0n) is 10.3. The molecule has 0 amide bonds. The van der Waals surface area contributed by atoms with Crippen LogP contribution in [0, 0.1) is 5.92 Å². The number of rotatable bonds is 3. The van der Waals surface area contributed by atoms with Gasteiger partial charge in [0.05, 0.1) is 0 Å². The predicted octanol–water partition coefficient (Wildman–Crippen LogP) is 2.89. The third-order valence-corrected chi connectivity index (χ3v) is 3.14. The Kier molecular flexibility index (Phi) is 3.50. The van der Waals surface area contributed by atoms with Crippen molar-refractivity contribution in [2.45, 2.75) is 39.7 Å². The van der Waals surface area contributed by atoms with Crippen molar-refractivity contribution >= 4 is 5.78 Å². The number of carbonyl (C=O) groups is 1. The molecule has 2 heteroatoms. The SMILES string of the molecule is COC1(C(=O)C(C)C)C(C)=CCC=C1C. The molecule has 0 saturated carbocycles. The summed E-state index contributed by atoms with van der Waals surface area (Å²) >= 11 is 0. The van der Waals surface area contributed by atoms with Crippen LogP contribution in [-0.4, -0.2) is 18.5 Å².